The number of halogens is 1. The summed E-state index contributed by atoms with van der Waals surface area (Å²) in [5, 5.41) is 0. The van der Waals surface area contributed by atoms with Gasteiger partial charge in [0.25, 0.3) is 0 Å². The van der Waals surface area contributed by atoms with Crippen LogP contribution in [0.1, 0.15) is 22.7 Å². The highest BCUT2D eigenvalue weighted by atomic mass is 19.1. The molecule has 2 rings (SSSR count). The van der Waals surface area contributed by atoms with Gasteiger partial charge in [-0.15, -0.1) is 0 Å². The van der Waals surface area contributed by atoms with Crippen LogP contribution in [0.2, 0.25) is 0 Å². The summed E-state index contributed by atoms with van der Waals surface area (Å²) in [6.07, 6.45) is 4.16. The van der Waals surface area contributed by atoms with Crippen molar-refractivity contribution < 1.29 is 4.39 Å². The lowest BCUT2D eigenvalue weighted by atomic mass is 9.99. The lowest BCUT2D eigenvalue weighted by molar-refractivity contribution is 0.617. The number of nitrogens with zero attached hydrogens (tertiary/aromatic N) is 1. The standard InChI is InChI=1S/C14H15FN2/c1-10-6-12(9-13(15)7-10)14(16)8-11-2-4-17-5-3-11/h2-7,9,14H,8,16H2,1H3. The number of hydrogen-bond donors (Lipinski definition) is 1. The minimum atomic E-state index is -0.231. The van der Waals surface area contributed by atoms with Crippen molar-refractivity contribution in [3.8, 4) is 0 Å². The van der Waals surface area contributed by atoms with Crippen molar-refractivity contribution >= 4 is 0 Å². The molecule has 0 fully saturated rings. The van der Waals surface area contributed by atoms with E-state index in [2.05, 4.69) is 4.98 Å². The van der Waals surface area contributed by atoms with E-state index in [1.165, 1.54) is 12.1 Å². The first-order valence-electron chi connectivity index (χ1n) is 5.57. The Bertz CT molecular complexity index is 477. The van der Waals surface area contributed by atoms with Gasteiger partial charge in [0.2, 0.25) is 0 Å². The fraction of sp³-hybridized carbons (Fsp3) is 0.214. The first kappa shape index (κ1) is 11.7. The van der Waals surface area contributed by atoms with Crippen molar-refractivity contribution in [2.75, 3.05) is 0 Å². The Kier molecular flexibility index (Phi) is 3.49. The van der Waals surface area contributed by atoms with Crippen LogP contribution in [0.3, 0.4) is 0 Å². The molecule has 0 spiro atoms. The van der Waals surface area contributed by atoms with Gasteiger partial charge >= 0.3 is 0 Å². The Hall–Kier alpha value is -1.74. The van der Waals surface area contributed by atoms with Gasteiger partial charge < -0.3 is 5.73 Å². The Balaban J connectivity index is 2.17. The predicted octanol–water partition coefficient (Wildman–Crippen LogP) is 2.77. The Morgan fingerprint density at radius 1 is 1.24 bits per heavy atom. The molecule has 1 atom stereocenters. The number of rotatable bonds is 3. The molecule has 1 aromatic heterocycles. The second kappa shape index (κ2) is 5.06. The molecule has 88 valence electrons. The quantitative estimate of drug-likeness (QED) is 0.880. The summed E-state index contributed by atoms with van der Waals surface area (Å²) in [6, 6.07) is 8.58. The number of aromatic nitrogens is 1. The van der Waals surface area contributed by atoms with Gasteiger partial charge in [-0.3, -0.25) is 4.98 Å². The van der Waals surface area contributed by atoms with Gasteiger partial charge in [0.05, 0.1) is 0 Å². The van der Waals surface area contributed by atoms with E-state index < -0.39 is 0 Å². The topological polar surface area (TPSA) is 38.9 Å². The second-order valence-electron chi connectivity index (χ2n) is 4.23. The molecule has 0 radical (unpaired) electrons. The lowest BCUT2D eigenvalue weighted by Gasteiger charge is -2.13. The molecule has 1 aromatic carbocycles. The number of aryl methyl sites for hydroxylation is 1. The van der Waals surface area contributed by atoms with Crippen LogP contribution in [-0.4, -0.2) is 4.98 Å². The van der Waals surface area contributed by atoms with E-state index in [1.54, 1.807) is 12.4 Å². The zero-order chi connectivity index (χ0) is 12.3. The molecule has 1 unspecified atom stereocenters. The second-order valence-corrected chi connectivity index (χ2v) is 4.23. The van der Waals surface area contributed by atoms with Gasteiger partial charge in [-0.2, -0.15) is 0 Å². The SMILES string of the molecule is Cc1cc(F)cc(C(N)Cc2ccncc2)c1. The molecule has 0 aliphatic heterocycles. The highest BCUT2D eigenvalue weighted by Crippen LogP contribution is 2.18. The van der Waals surface area contributed by atoms with Crippen molar-refractivity contribution in [2.45, 2.75) is 19.4 Å². The normalized spacial score (nSPS) is 12.4. The van der Waals surface area contributed by atoms with Crippen molar-refractivity contribution in [2.24, 2.45) is 5.73 Å². The van der Waals surface area contributed by atoms with Crippen LogP contribution in [0.25, 0.3) is 0 Å². The molecule has 17 heavy (non-hydrogen) atoms. The minimum Gasteiger partial charge on any atom is -0.324 e. The Morgan fingerprint density at radius 2 is 1.94 bits per heavy atom. The number of hydrogen-bond acceptors (Lipinski definition) is 2. The Labute approximate surface area is 100 Å². The Morgan fingerprint density at radius 3 is 2.59 bits per heavy atom. The minimum absolute atomic E-state index is 0.188. The number of nitrogens with two attached hydrogens (primary N) is 1. The van der Waals surface area contributed by atoms with Crippen molar-refractivity contribution in [1.82, 2.24) is 4.98 Å². The van der Waals surface area contributed by atoms with Crippen LogP contribution in [-0.2, 0) is 6.42 Å². The average Bonchev–Trinajstić information content (AvgIpc) is 2.29. The van der Waals surface area contributed by atoms with E-state index >= 15 is 0 Å². The molecule has 0 aliphatic carbocycles. The zero-order valence-corrected chi connectivity index (χ0v) is 9.73. The third-order valence-corrected chi connectivity index (χ3v) is 2.70. The summed E-state index contributed by atoms with van der Waals surface area (Å²) in [7, 11) is 0. The van der Waals surface area contributed by atoms with Crippen LogP contribution in [0, 0.1) is 12.7 Å². The van der Waals surface area contributed by atoms with E-state index in [4.69, 9.17) is 5.73 Å². The third kappa shape index (κ3) is 3.11. The lowest BCUT2D eigenvalue weighted by Crippen LogP contribution is -2.13. The maximum Gasteiger partial charge on any atom is 0.123 e. The molecular formula is C14H15FN2. The number of benzene rings is 1. The maximum atomic E-state index is 13.3. The fourth-order valence-electron chi connectivity index (χ4n) is 1.87. The average molecular weight is 230 g/mol. The smallest absolute Gasteiger partial charge is 0.123 e. The third-order valence-electron chi connectivity index (χ3n) is 2.70. The highest BCUT2D eigenvalue weighted by molar-refractivity contribution is 5.27. The van der Waals surface area contributed by atoms with Gasteiger partial charge in [-0.1, -0.05) is 6.07 Å². The molecule has 0 amide bonds. The van der Waals surface area contributed by atoms with Crippen LogP contribution >= 0.6 is 0 Å². The summed E-state index contributed by atoms with van der Waals surface area (Å²) in [6.45, 7) is 1.87. The van der Waals surface area contributed by atoms with Gasteiger partial charge in [0.1, 0.15) is 5.82 Å². The molecule has 2 N–H and O–H groups in total. The molecule has 2 aromatic rings. The van der Waals surface area contributed by atoms with Crippen molar-refractivity contribution in [1.29, 1.82) is 0 Å². The predicted molar refractivity (Wildman–Crippen MR) is 66.0 cm³/mol. The first-order valence-corrected chi connectivity index (χ1v) is 5.57. The number of pyridine rings is 1. The molecule has 2 nitrogen and oxygen atoms in total. The summed E-state index contributed by atoms with van der Waals surface area (Å²) in [5.41, 5.74) is 8.91. The molecule has 1 heterocycles. The van der Waals surface area contributed by atoms with Gasteiger partial charge in [-0.25, -0.2) is 4.39 Å². The van der Waals surface area contributed by atoms with E-state index in [1.807, 2.05) is 25.1 Å². The van der Waals surface area contributed by atoms with E-state index in [0.29, 0.717) is 6.42 Å². The van der Waals surface area contributed by atoms with Crippen molar-refractivity contribution in [3.05, 3.63) is 65.2 Å². The monoisotopic (exact) mass is 230 g/mol. The van der Waals surface area contributed by atoms with E-state index in [0.717, 1.165) is 16.7 Å². The fourth-order valence-corrected chi connectivity index (χ4v) is 1.87. The van der Waals surface area contributed by atoms with Crippen LogP contribution in [0.5, 0.6) is 0 Å². The molecule has 0 aliphatic rings. The van der Waals surface area contributed by atoms with Crippen LogP contribution < -0.4 is 5.73 Å². The van der Waals surface area contributed by atoms with Crippen LogP contribution in [0.15, 0.2) is 42.7 Å². The van der Waals surface area contributed by atoms with Crippen molar-refractivity contribution in [3.63, 3.8) is 0 Å². The first-order chi connectivity index (χ1) is 8.15. The van der Waals surface area contributed by atoms with E-state index in [9.17, 15) is 4.39 Å². The summed E-state index contributed by atoms with van der Waals surface area (Å²) >= 11 is 0. The molecule has 0 bridgehead atoms. The largest absolute Gasteiger partial charge is 0.324 e. The van der Waals surface area contributed by atoms with Gasteiger partial charge in [0.15, 0.2) is 0 Å². The van der Waals surface area contributed by atoms with E-state index in [-0.39, 0.29) is 11.9 Å². The molecule has 0 saturated carbocycles. The highest BCUT2D eigenvalue weighted by Gasteiger charge is 2.08. The summed E-state index contributed by atoms with van der Waals surface area (Å²) in [5.74, 6) is -0.231. The summed E-state index contributed by atoms with van der Waals surface area (Å²) in [4.78, 5) is 3.95. The molecular weight excluding hydrogens is 215 g/mol. The summed E-state index contributed by atoms with van der Waals surface area (Å²) < 4.78 is 13.3. The van der Waals surface area contributed by atoms with Crippen LogP contribution in [0.4, 0.5) is 4.39 Å². The van der Waals surface area contributed by atoms with Gasteiger partial charge in [-0.05, 0) is 54.3 Å². The molecule has 3 heteroatoms. The zero-order valence-electron chi connectivity index (χ0n) is 9.73. The molecule has 0 saturated heterocycles. The van der Waals surface area contributed by atoms with Gasteiger partial charge in [0, 0.05) is 18.4 Å². The maximum absolute atomic E-state index is 13.3.